The Bertz CT molecular complexity index is 501. The Kier molecular flexibility index (Phi) is 3.20. The third-order valence-corrected chi connectivity index (χ3v) is 2.89. The number of fused-ring (bicyclic) bond motifs is 1. The molecular formula is C12H15N3O3. The molecule has 0 saturated carbocycles. The van der Waals surface area contributed by atoms with Gasteiger partial charge in [-0.3, -0.25) is 9.59 Å². The minimum Gasteiger partial charge on any atom is -0.481 e. The number of nitrogens with zero attached hydrogens (tertiary/aromatic N) is 1. The Morgan fingerprint density at radius 1 is 1.50 bits per heavy atom. The topological polar surface area (TPSA) is 110 Å². The highest BCUT2D eigenvalue weighted by atomic mass is 16.4. The number of nitrogen functional groups attached to an aromatic ring is 1. The zero-order chi connectivity index (χ0) is 13.3. The van der Waals surface area contributed by atoms with E-state index in [0.717, 1.165) is 11.3 Å². The van der Waals surface area contributed by atoms with Crippen LogP contribution in [-0.2, 0) is 16.0 Å². The molecule has 0 spiro atoms. The van der Waals surface area contributed by atoms with Crippen LogP contribution in [0.15, 0.2) is 18.2 Å². The molecule has 6 nitrogen and oxygen atoms in total. The second kappa shape index (κ2) is 4.66. The van der Waals surface area contributed by atoms with Crippen LogP contribution < -0.4 is 16.4 Å². The number of anilines is 2. The molecule has 6 heteroatoms. The number of carbonyl (C=O) groups is 2. The molecule has 1 aliphatic heterocycles. The summed E-state index contributed by atoms with van der Waals surface area (Å²) in [5, 5.41) is 8.66. The first-order valence-corrected chi connectivity index (χ1v) is 5.63. The van der Waals surface area contributed by atoms with Gasteiger partial charge in [0.25, 0.3) is 0 Å². The number of rotatable bonds is 4. The summed E-state index contributed by atoms with van der Waals surface area (Å²) in [6, 6.07) is 4.67. The van der Waals surface area contributed by atoms with Crippen molar-refractivity contribution in [3.63, 3.8) is 0 Å². The maximum Gasteiger partial charge on any atom is 0.304 e. The van der Waals surface area contributed by atoms with Gasteiger partial charge in [-0.15, -0.1) is 0 Å². The lowest BCUT2D eigenvalue weighted by Crippen LogP contribution is -2.40. The number of carboxylic acid groups (broad SMARTS) is 1. The molecule has 96 valence electrons. The standard InChI is InChI=1S/C12H15N3O3/c13-8-1-2-10-7(3-8)4-11(16)15(10)6-9(14)5-12(17)18/h1-3,9H,4-6,13-14H2,(H,17,18). The molecule has 18 heavy (non-hydrogen) atoms. The molecule has 1 atom stereocenters. The van der Waals surface area contributed by atoms with Crippen molar-refractivity contribution < 1.29 is 14.7 Å². The Morgan fingerprint density at radius 2 is 2.22 bits per heavy atom. The molecule has 1 aromatic rings. The van der Waals surface area contributed by atoms with E-state index in [1.165, 1.54) is 4.90 Å². The highest BCUT2D eigenvalue weighted by Crippen LogP contribution is 2.30. The number of carboxylic acids is 1. The number of aliphatic carboxylic acids is 1. The molecule has 5 N–H and O–H groups in total. The average Bonchev–Trinajstić information content (AvgIpc) is 2.53. The van der Waals surface area contributed by atoms with Crippen LogP contribution in [0.2, 0.25) is 0 Å². The molecule has 0 aromatic heterocycles. The van der Waals surface area contributed by atoms with Crippen molar-refractivity contribution in [1.29, 1.82) is 0 Å². The van der Waals surface area contributed by atoms with Crippen molar-refractivity contribution in [3.8, 4) is 0 Å². The summed E-state index contributed by atoms with van der Waals surface area (Å²) in [7, 11) is 0. The fourth-order valence-corrected chi connectivity index (χ4v) is 2.13. The summed E-state index contributed by atoms with van der Waals surface area (Å²) in [4.78, 5) is 23.9. The third kappa shape index (κ3) is 2.43. The van der Waals surface area contributed by atoms with Crippen molar-refractivity contribution in [2.75, 3.05) is 17.2 Å². The van der Waals surface area contributed by atoms with Crippen LogP contribution in [-0.4, -0.2) is 29.6 Å². The zero-order valence-electron chi connectivity index (χ0n) is 9.80. The van der Waals surface area contributed by atoms with E-state index in [1.807, 2.05) is 0 Å². The van der Waals surface area contributed by atoms with Gasteiger partial charge in [-0.2, -0.15) is 0 Å². The molecule has 2 rings (SSSR count). The van der Waals surface area contributed by atoms with Crippen LogP contribution in [0.4, 0.5) is 11.4 Å². The molecule has 1 aliphatic rings. The molecule has 1 amide bonds. The Labute approximate surface area is 104 Å². The summed E-state index contributed by atoms with van der Waals surface area (Å²) in [6.45, 7) is 0.210. The van der Waals surface area contributed by atoms with Crippen LogP contribution >= 0.6 is 0 Å². The quantitative estimate of drug-likeness (QED) is 0.648. The lowest BCUT2D eigenvalue weighted by molar-refractivity contribution is -0.137. The van der Waals surface area contributed by atoms with E-state index in [-0.39, 0.29) is 18.9 Å². The molecule has 1 unspecified atom stereocenters. The smallest absolute Gasteiger partial charge is 0.304 e. The van der Waals surface area contributed by atoms with Gasteiger partial charge in [0.05, 0.1) is 12.8 Å². The van der Waals surface area contributed by atoms with Gasteiger partial charge in [0.2, 0.25) is 5.91 Å². The summed E-state index contributed by atoms with van der Waals surface area (Å²) in [5.41, 5.74) is 13.6. The largest absolute Gasteiger partial charge is 0.481 e. The summed E-state index contributed by atoms with van der Waals surface area (Å²) in [5.74, 6) is -1.04. The van der Waals surface area contributed by atoms with E-state index in [4.69, 9.17) is 16.6 Å². The van der Waals surface area contributed by atoms with Crippen LogP contribution in [0, 0.1) is 0 Å². The summed E-state index contributed by atoms with van der Waals surface area (Å²) in [6.07, 6.45) is 0.133. The minimum absolute atomic E-state index is 0.0727. The van der Waals surface area contributed by atoms with Crippen LogP contribution in [0.5, 0.6) is 0 Å². The van der Waals surface area contributed by atoms with Crippen molar-refractivity contribution in [2.45, 2.75) is 18.9 Å². The molecule has 1 aromatic carbocycles. The molecule has 0 radical (unpaired) electrons. The third-order valence-electron chi connectivity index (χ3n) is 2.89. The second-order valence-corrected chi connectivity index (χ2v) is 4.43. The first-order valence-electron chi connectivity index (χ1n) is 5.63. The van der Waals surface area contributed by atoms with E-state index in [9.17, 15) is 9.59 Å². The molecule has 0 aliphatic carbocycles. The zero-order valence-corrected chi connectivity index (χ0v) is 9.80. The van der Waals surface area contributed by atoms with Gasteiger partial charge in [0, 0.05) is 24.0 Å². The van der Waals surface area contributed by atoms with Crippen molar-refractivity contribution in [3.05, 3.63) is 23.8 Å². The van der Waals surface area contributed by atoms with Crippen LogP contribution in [0.25, 0.3) is 0 Å². The molecule has 1 heterocycles. The number of hydrogen-bond donors (Lipinski definition) is 3. The monoisotopic (exact) mass is 249 g/mol. The Morgan fingerprint density at radius 3 is 2.89 bits per heavy atom. The highest BCUT2D eigenvalue weighted by molar-refractivity contribution is 6.01. The maximum absolute atomic E-state index is 11.8. The number of carbonyl (C=O) groups excluding carboxylic acids is 1. The maximum atomic E-state index is 11.8. The minimum atomic E-state index is -0.966. The van der Waals surface area contributed by atoms with Gasteiger partial charge < -0.3 is 21.5 Å². The molecule has 0 saturated heterocycles. The predicted octanol–water partition coefficient (Wildman–Crippen LogP) is -0.0401. The van der Waals surface area contributed by atoms with Crippen molar-refractivity contribution in [2.24, 2.45) is 5.73 Å². The number of benzene rings is 1. The number of nitrogens with two attached hydrogens (primary N) is 2. The van der Waals surface area contributed by atoms with Gasteiger partial charge in [-0.25, -0.2) is 0 Å². The van der Waals surface area contributed by atoms with Crippen LogP contribution in [0.1, 0.15) is 12.0 Å². The number of hydrogen-bond acceptors (Lipinski definition) is 4. The lowest BCUT2D eigenvalue weighted by atomic mass is 10.1. The Balaban J connectivity index is 2.15. The lowest BCUT2D eigenvalue weighted by Gasteiger charge is -2.21. The molecule has 0 bridgehead atoms. The fourth-order valence-electron chi connectivity index (χ4n) is 2.13. The second-order valence-electron chi connectivity index (χ2n) is 4.43. The first-order chi connectivity index (χ1) is 8.47. The number of amides is 1. The van der Waals surface area contributed by atoms with Crippen molar-refractivity contribution >= 4 is 23.3 Å². The SMILES string of the molecule is Nc1ccc2c(c1)CC(=O)N2CC(N)CC(=O)O. The molecule has 0 fully saturated rings. The van der Waals surface area contributed by atoms with E-state index < -0.39 is 12.0 Å². The van der Waals surface area contributed by atoms with E-state index in [0.29, 0.717) is 12.1 Å². The highest BCUT2D eigenvalue weighted by Gasteiger charge is 2.28. The van der Waals surface area contributed by atoms with Gasteiger partial charge in [-0.05, 0) is 23.8 Å². The Hall–Kier alpha value is -2.08. The van der Waals surface area contributed by atoms with E-state index >= 15 is 0 Å². The summed E-state index contributed by atoms with van der Waals surface area (Å²) < 4.78 is 0. The van der Waals surface area contributed by atoms with Gasteiger partial charge in [-0.1, -0.05) is 0 Å². The van der Waals surface area contributed by atoms with Gasteiger partial charge in [0.1, 0.15) is 0 Å². The fraction of sp³-hybridized carbons (Fsp3) is 0.333. The van der Waals surface area contributed by atoms with Gasteiger partial charge in [0.15, 0.2) is 0 Å². The predicted molar refractivity (Wildman–Crippen MR) is 67.1 cm³/mol. The van der Waals surface area contributed by atoms with Crippen LogP contribution in [0.3, 0.4) is 0 Å². The summed E-state index contributed by atoms with van der Waals surface area (Å²) >= 11 is 0. The molecular weight excluding hydrogens is 234 g/mol. The van der Waals surface area contributed by atoms with Gasteiger partial charge >= 0.3 is 5.97 Å². The first kappa shape index (κ1) is 12.4. The van der Waals surface area contributed by atoms with Crippen molar-refractivity contribution in [1.82, 2.24) is 0 Å². The van der Waals surface area contributed by atoms with E-state index in [2.05, 4.69) is 0 Å². The normalized spacial score (nSPS) is 15.6. The van der Waals surface area contributed by atoms with E-state index in [1.54, 1.807) is 18.2 Å². The average molecular weight is 249 g/mol.